The number of aliphatic hydroxyl groups is 1. The van der Waals surface area contributed by atoms with Crippen LogP contribution in [0.25, 0.3) is 0 Å². The van der Waals surface area contributed by atoms with Crippen LogP contribution in [0, 0.1) is 5.92 Å². The highest BCUT2D eigenvalue weighted by molar-refractivity contribution is 4.84. The van der Waals surface area contributed by atoms with Crippen molar-refractivity contribution in [2.45, 2.75) is 44.5 Å². The monoisotopic (exact) mass is 161 g/mol. The van der Waals surface area contributed by atoms with E-state index in [9.17, 15) is 9.50 Å². The van der Waals surface area contributed by atoms with E-state index in [0.29, 0.717) is 18.8 Å². The van der Waals surface area contributed by atoms with Gasteiger partial charge in [0.2, 0.25) is 0 Å². The second-order valence-corrected chi connectivity index (χ2v) is 3.58. The normalized spacial score (nSPS) is 46.9. The van der Waals surface area contributed by atoms with E-state index in [-0.39, 0.29) is 0 Å². The Kier molecular flexibility index (Phi) is 2.84. The molecule has 0 bridgehead atoms. The Morgan fingerprint density at radius 1 is 1.45 bits per heavy atom. The third kappa shape index (κ3) is 2.14. The van der Waals surface area contributed by atoms with E-state index in [2.05, 4.69) is 0 Å². The zero-order chi connectivity index (χ0) is 8.43. The van der Waals surface area contributed by atoms with E-state index in [1.807, 2.05) is 6.92 Å². The Hall–Kier alpha value is -0.150. The molecule has 0 heterocycles. The van der Waals surface area contributed by atoms with Crippen LogP contribution < -0.4 is 5.73 Å². The number of nitrogens with two attached hydrogens (primary N) is 1. The predicted octanol–water partition coefficient (Wildman–Crippen LogP) is 0.833. The predicted molar refractivity (Wildman–Crippen MR) is 41.9 cm³/mol. The lowest BCUT2D eigenvalue weighted by Crippen LogP contribution is -2.41. The molecule has 4 atom stereocenters. The van der Waals surface area contributed by atoms with Crippen molar-refractivity contribution in [2.24, 2.45) is 11.7 Å². The minimum Gasteiger partial charge on any atom is -0.391 e. The van der Waals surface area contributed by atoms with Crippen LogP contribution in [0.3, 0.4) is 0 Å². The fraction of sp³-hybridized carbons (Fsp3) is 1.00. The standard InChI is InChI=1S/C8H16FNO/c1-5-2-3-7(11)8(10)6(9)4-5/h5-8,11H,2-4,10H2,1H3. The van der Waals surface area contributed by atoms with Crippen LogP contribution in [-0.2, 0) is 0 Å². The van der Waals surface area contributed by atoms with Crippen molar-refractivity contribution in [1.82, 2.24) is 0 Å². The molecule has 1 rings (SSSR count). The molecular weight excluding hydrogens is 145 g/mol. The van der Waals surface area contributed by atoms with E-state index in [1.54, 1.807) is 0 Å². The number of alkyl halides is 1. The summed E-state index contributed by atoms with van der Waals surface area (Å²) in [7, 11) is 0. The van der Waals surface area contributed by atoms with Gasteiger partial charge in [0.25, 0.3) is 0 Å². The van der Waals surface area contributed by atoms with Crippen LogP contribution in [0.1, 0.15) is 26.2 Å². The molecule has 0 radical (unpaired) electrons. The molecular formula is C8H16FNO. The molecule has 4 unspecified atom stereocenters. The summed E-state index contributed by atoms with van der Waals surface area (Å²) in [4.78, 5) is 0. The molecule has 0 aromatic heterocycles. The van der Waals surface area contributed by atoms with Crippen molar-refractivity contribution in [3.05, 3.63) is 0 Å². The van der Waals surface area contributed by atoms with E-state index >= 15 is 0 Å². The van der Waals surface area contributed by atoms with Crippen LogP contribution in [-0.4, -0.2) is 23.4 Å². The maximum absolute atomic E-state index is 13.1. The fourth-order valence-electron chi connectivity index (χ4n) is 1.55. The van der Waals surface area contributed by atoms with Crippen LogP contribution in [0.5, 0.6) is 0 Å². The van der Waals surface area contributed by atoms with Gasteiger partial charge in [0, 0.05) is 0 Å². The number of hydrogen-bond acceptors (Lipinski definition) is 2. The van der Waals surface area contributed by atoms with Crippen molar-refractivity contribution in [3.8, 4) is 0 Å². The van der Waals surface area contributed by atoms with Gasteiger partial charge < -0.3 is 10.8 Å². The van der Waals surface area contributed by atoms with Gasteiger partial charge in [-0.1, -0.05) is 6.92 Å². The number of hydrogen-bond donors (Lipinski definition) is 2. The first kappa shape index (κ1) is 8.94. The summed E-state index contributed by atoms with van der Waals surface area (Å²) in [6, 6.07) is -0.667. The van der Waals surface area contributed by atoms with Crippen molar-refractivity contribution in [1.29, 1.82) is 0 Å². The molecule has 0 amide bonds. The van der Waals surface area contributed by atoms with Gasteiger partial charge in [-0.2, -0.15) is 0 Å². The average molecular weight is 161 g/mol. The maximum atomic E-state index is 13.1. The van der Waals surface area contributed by atoms with E-state index in [4.69, 9.17) is 5.73 Å². The average Bonchev–Trinajstić information content (AvgIpc) is 2.05. The van der Waals surface area contributed by atoms with Gasteiger partial charge in [-0.3, -0.25) is 0 Å². The molecule has 11 heavy (non-hydrogen) atoms. The Morgan fingerprint density at radius 2 is 2.09 bits per heavy atom. The summed E-state index contributed by atoms with van der Waals surface area (Å²) in [5, 5.41) is 9.28. The molecule has 1 aliphatic rings. The lowest BCUT2D eigenvalue weighted by Gasteiger charge is -2.18. The summed E-state index contributed by atoms with van der Waals surface area (Å²) in [6.07, 6.45) is 0.355. The first-order valence-electron chi connectivity index (χ1n) is 4.19. The summed E-state index contributed by atoms with van der Waals surface area (Å²) < 4.78 is 13.1. The lowest BCUT2D eigenvalue weighted by atomic mass is 10.0. The molecule has 0 saturated heterocycles. The zero-order valence-corrected chi connectivity index (χ0v) is 6.83. The molecule has 0 aliphatic heterocycles. The molecule has 3 N–H and O–H groups in total. The minimum atomic E-state index is -1.03. The minimum absolute atomic E-state index is 0.355. The SMILES string of the molecule is CC1CCC(O)C(N)C(F)C1. The van der Waals surface area contributed by atoms with Crippen LogP contribution in [0.4, 0.5) is 4.39 Å². The van der Waals surface area contributed by atoms with Crippen molar-refractivity contribution in [2.75, 3.05) is 0 Å². The highest BCUT2D eigenvalue weighted by atomic mass is 19.1. The van der Waals surface area contributed by atoms with Gasteiger partial charge in [-0.25, -0.2) is 4.39 Å². The van der Waals surface area contributed by atoms with Gasteiger partial charge in [-0.15, -0.1) is 0 Å². The molecule has 0 aromatic carbocycles. The molecule has 3 heteroatoms. The Balaban J connectivity index is 2.53. The van der Waals surface area contributed by atoms with E-state index in [1.165, 1.54) is 0 Å². The second-order valence-electron chi connectivity index (χ2n) is 3.58. The number of halogens is 1. The van der Waals surface area contributed by atoms with Crippen molar-refractivity contribution >= 4 is 0 Å². The summed E-state index contributed by atoms with van der Waals surface area (Å²) in [6.45, 7) is 2.00. The molecule has 0 aromatic rings. The van der Waals surface area contributed by atoms with Crippen LogP contribution in [0.2, 0.25) is 0 Å². The third-order valence-corrected chi connectivity index (χ3v) is 2.44. The van der Waals surface area contributed by atoms with Crippen molar-refractivity contribution < 1.29 is 9.50 Å². The zero-order valence-electron chi connectivity index (χ0n) is 6.83. The van der Waals surface area contributed by atoms with Gasteiger partial charge >= 0.3 is 0 Å². The maximum Gasteiger partial charge on any atom is 0.118 e. The van der Waals surface area contributed by atoms with Crippen LogP contribution in [0.15, 0.2) is 0 Å². The third-order valence-electron chi connectivity index (χ3n) is 2.44. The van der Waals surface area contributed by atoms with Gasteiger partial charge in [0.05, 0.1) is 12.1 Å². The number of rotatable bonds is 0. The quantitative estimate of drug-likeness (QED) is 0.517. The van der Waals surface area contributed by atoms with Crippen LogP contribution >= 0.6 is 0 Å². The summed E-state index contributed by atoms with van der Waals surface area (Å²) in [5.41, 5.74) is 5.46. The molecule has 66 valence electrons. The van der Waals surface area contributed by atoms with Gasteiger partial charge in [0.15, 0.2) is 0 Å². The van der Waals surface area contributed by atoms with Crippen molar-refractivity contribution in [3.63, 3.8) is 0 Å². The fourth-order valence-corrected chi connectivity index (χ4v) is 1.55. The smallest absolute Gasteiger partial charge is 0.118 e. The lowest BCUT2D eigenvalue weighted by molar-refractivity contribution is 0.102. The first-order valence-corrected chi connectivity index (χ1v) is 4.19. The van der Waals surface area contributed by atoms with Gasteiger partial charge in [0.1, 0.15) is 6.17 Å². The van der Waals surface area contributed by atoms with E-state index < -0.39 is 18.3 Å². The van der Waals surface area contributed by atoms with E-state index in [0.717, 1.165) is 6.42 Å². The molecule has 1 aliphatic carbocycles. The number of aliphatic hydroxyl groups excluding tert-OH is 1. The topological polar surface area (TPSA) is 46.2 Å². The largest absolute Gasteiger partial charge is 0.391 e. The summed E-state index contributed by atoms with van der Waals surface area (Å²) in [5.74, 6) is 0.355. The Bertz CT molecular complexity index is 131. The van der Waals surface area contributed by atoms with Gasteiger partial charge in [-0.05, 0) is 25.2 Å². The molecule has 0 spiro atoms. The molecule has 1 saturated carbocycles. The highest BCUT2D eigenvalue weighted by Gasteiger charge is 2.29. The highest BCUT2D eigenvalue weighted by Crippen LogP contribution is 2.24. The molecule has 1 fully saturated rings. The first-order chi connectivity index (χ1) is 5.11. The Morgan fingerprint density at radius 3 is 2.73 bits per heavy atom. The summed E-state index contributed by atoms with van der Waals surface area (Å²) >= 11 is 0. The Labute approximate surface area is 66.6 Å². The molecule has 2 nitrogen and oxygen atoms in total. The second kappa shape index (κ2) is 3.50.